The number of nitro benzene ring substituents is 1. The van der Waals surface area contributed by atoms with Crippen LogP contribution in [0.2, 0.25) is 0 Å². The van der Waals surface area contributed by atoms with E-state index in [0.717, 1.165) is 5.69 Å². The topological polar surface area (TPSA) is 84.7 Å². The average molecular weight is 327 g/mol. The van der Waals surface area contributed by atoms with Crippen LogP contribution in [-0.2, 0) is 4.74 Å². The van der Waals surface area contributed by atoms with E-state index >= 15 is 0 Å². The van der Waals surface area contributed by atoms with Crippen LogP contribution in [0, 0.1) is 10.1 Å². The summed E-state index contributed by atoms with van der Waals surface area (Å²) in [5.74, 6) is -0.215. The van der Waals surface area contributed by atoms with Crippen LogP contribution < -0.4 is 5.32 Å². The van der Waals surface area contributed by atoms with Crippen LogP contribution in [-0.4, -0.2) is 42.0 Å². The largest absolute Gasteiger partial charge is 0.378 e. The van der Waals surface area contributed by atoms with Crippen molar-refractivity contribution in [2.75, 3.05) is 31.6 Å². The lowest BCUT2D eigenvalue weighted by atomic mass is 10.1. The highest BCUT2D eigenvalue weighted by molar-refractivity contribution is 5.96. The van der Waals surface area contributed by atoms with Crippen LogP contribution >= 0.6 is 0 Å². The number of benzene rings is 2. The van der Waals surface area contributed by atoms with E-state index in [0.29, 0.717) is 37.6 Å². The summed E-state index contributed by atoms with van der Waals surface area (Å²) in [6, 6.07) is 13.7. The first-order valence-corrected chi connectivity index (χ1v) is 7.63. The number of nitro groups is 1. The molecule has 124 valence electrons. The van der Waals surface area contributed by atoms with Gasteiger partial charge in [0.05, 0.1) is 18.1 Å². The number of anilines is 2. The molecule has 2 aromatic rings. The lowest BCUT2D eigenvalue weighted by Crippen LogP contribution is -2.40. The van der Waals surface area contributed by atoms with Crippen LogP contribution in [0.5, 0.6) is 0 Å². The van der Waals surface area contributed by atoms with Gasteiger partial charge in [-0.25, -0.2) is 0 Å². The first-order valence-electron chi connectivity index (χ1n) is 7.63. The lowest BCUT2D eigenvalue weighted by Gasteiger charge is -2.26. The number of hydrogen-bond donors (Lipinski definition) is 1. The van der Waals surface area contributed by atoms with Gasteiger partial charge in [0.25, 0.3) is 11.6 Å². The molecule has 1 N–H and O–H groups in total. The number of morpholine rings is 1. The Labute approximate surface area is 139 Å². The molecule has 3 rings (SSSR count). The molecule has 1 amide bonds. The molecule has 0 atom stereocenters. The zero-order chi connectivity index (χ0) is 16.9. The molecule has 0 aromatic heterocycles. The monoisotopic (exact) mass is 327 g/mol. The standard InChI is InChI=1S/C17H17N3O4/c21-17(19-8-10-24-11-9-19)13-6-7-15(16(12-13)20(22)23)18-14-4-2-1-3-5-14/h1-7,12,18H,8-11H2. The minimum Gasteiger partial charge on any atom is -0.378 e. The van der Waals surface area contributed by atoms with Crippen LogP contribution in [0.1, 0.15) is 10.4 Å². The molecule has 0 aliphatic carbocycles. The smallest absolute Gasteiger partial charge is 0.293 e. The number of hydrogen-bond acceptors (Lipinski definition) is 5. The van der Waals surface area contributed by atoms with Crippen molar-refractivity contribution in [3.8, 4) is 0 Å². The molecule has 0 unspecified atom stereocenters. The molecule has 1 saturated heterocycles. The van der Waals surface area contributed by atoms with Gasteiger partial charge in [0.15, 0.2) is 0 Å². The van der Waals surface area contributed by atoms with Gasteiger partial charge in [0, 0.05) is 30.4 Å². The quantitative estimate of drug-likeness (QED) is 0.689. The van der Waals surface area contributed by atoms with Gasteiger partial charge in [0.2, 0.25) is 0 Å². The normalized spacial score (nSPS) is 14.2. The van der Waals surface area contributed by atoms with E-state index in [1.165, 1.54) is 6.07 Å². The molecule has 0 spiro atoms. The Bertz CT molecular complexity index is 743. The molecular weight excluding hydrogens is 310 g/mol. The van der Waals surface area contributed by atoms with Crippen molar-refractivity contribution in [3.63, 3.8) is 0 Å². The molecule has 7 heteroatoms. The first kappa shape index (κ1) is 15.9. The van der Waals surface area contributed by atoms with E-state index in [2.05, 4.69) is 5.32 Å². The fourth-order valence-corrected chi connectivity index (χ4v) is 2.55. The Hall–Kier alpha value is -2.93. The number of ether oxygens (including phenoxy) is 1. The van der Waals surface area contributed by atoms with E-state index in [4.69, 9.17) is 4.74 Å². The Balaban J connectivity index is 1.86. The van der Waals surface area contributed by atoms with Crippen LogP contribution in [0.25, 0.3) is 0 Å². The minimum atomic E-state index is -0.485. The molecule has 1 heterocycles. The SMILES string of the molecule is O=C(c1ccc(Nc2ccccc2)c([N+](=O)[O-])c1)N1CCOCC1. The second-order valence-electron chi connectivity index (χ2n) is 5.38. The van der Waals surface area contributed by atoms with Crippen LogP contribution in [0.4, 0.5) is 17.1 Å². The molecule has 24 heavy (non-hydrogen) atoms. The summed E-state index contributed by atoms with van der Waals surface area (Å²) in [5.41, 5.74) is 1.28. The van der Waals surface area contributed by atoms with Crippen molar-refractivity contribution >= 4 is 23.0 Å². The number of nitrogens with one attached hydrogen (secondary N) is 1. The Morgan fingerprint density at radius 3 is 2.50 bits per heavy atom. The fourth-order valence-electron chi connectivity index (χ4n) is 2.55. The second kappa shape index (κ2) is 7.10. The first-order chi connectivity index (χ1) is 11.6. The van der Waals surface area contributed by atoms with Crippen molar-refractivity contribution in [2.24, 2.45) is 0 Å². The van der Waals surface area contributed by atoms with Gasteiger partial charge in [-0.2, -0.15) is 0 Å². The molecule has 1 aliphatic rings. The zero-order valence-electron chi connectivity index (χ0n) is 13.0. The maximum Gasteiger partial charge on any atom is 0.293 e. The van der Waals surface area contributed by atoms with E-state index in [9.17, 15) is 14.9 Å². The van der Waals surface area contributed by atoms with Crippen LogP contribution in [0.3, 0.4) is 0 Å². The summed E-state index contributed by atoms with van der Waals surface area (Å²) < 4.78 is 5.22. The number of carbonyl (C=O) groups excluding carboxylic acids is 1. The summed E-state index contributed by atoms with van der Waals surface area (Å²) in [4.78, 5) is 25.0. The fraction of sp³-hybridized carbons (Fsp3) is 0.235. The van der Waals surface area contributed by atoms with Gasteiger partial charge in [-0.1, -0.05) is 18.2 Å². The van der Waals surface area contributed by atoms with Gasteiger partial charge in [0.1, 0.15) is 5.69 Å². The number of amides is 1. The lowest BCUT2D eigenvalue weighted by molar-refractivity contribution is -0.383. The summed E-state index contributed by atoms with van der Waals surface area (Å²) in [7, 11) is 0. The summed E-state index contributed by atoms with van der Waals surface area (Å²) in [5, 5.41) is 14.4. The van der Waals surface area contributed by atoms with Gasteiger partial charge in [-0.15, -0.1) is 0 Å². The predicted octanol–water partition coefficient (Wildman–Crippen LogP) is 2.81. The molecular formula is C17H17N3O4. The average Bonchev–Trinajstić information content (AvgIpc) is 2.63. The van der Waals surface area contributed by atoms with Crippen molar-refractivity contribution in [1.29, 1.82) is 0 Å². The molecule has 2 aromatic carbocycles. The third kappa shape index (κ3) is 3.52. The van der Waals surface area contributed by atoms with Crippen molar-refractivity contribution in [3.05, 3.63) is 64.2 Å². The Kier molecular flexibility index (Phi) is 4.72. The maximum absolute atomic E-state index is 12.5. The molecule has 7 nitrogen and oxygen atoms in total. The van der Waals surface area contributed by atoms with E-state index in [1.807, 2.05) is 30.3 Å². The second-order valence-corrected chi connectivity index (χ2v) is 5.38. The summed E-state index contributed by atoms with van der Waals surface area (Å²) >= 11 is 0. The van der Waals surface area contributed by atoms with Crippen molar-refractivity contribution in [1.82, 2.24) is 4.90 Å². The van der Waals surface area contributed by atoms with E-state index < -0.39 is 4.92 Å². The highest BCUT2D eigenvalue weighted by Crippen LogP contribution is 2.29. The van der Waals surface area contributed by atoms with Gasteiger partial charge in [-0.3, -0.25) is 14.9 Å². The molecule has 1 aliphatic heterocycles. The predicted molar refractivity (Wildman–Crippen MR) is 89.5 cm³/mol. The molecule has 0 saturated carbocycles. The minimum absolute atomic E-state index is 0.127. The summed E-state index contributed by atoms with van der Waals surface area (Å²) in [6.45, 7) is 1.97. The number of rotatable bonds is 4. The Morgan fingerprint density at radius 1 is 1.12 bits per heavy atom. The van der Waals surface area contributed by atoms with Gasteiger partial charge < -0.3 is 15.0 Å². The summed E-state index contributed by atoms with van der Waals surface area (Å²) in [6.07, 6.45) is 0. The van der Waals surface area contributed by atoms with Gasteiger partial charge >= 0.3 is 0 Å². The Morgan fingerprint density at radius 2 is 1.83 bits per heavy atom. The van der Waals surface area contributed by atoms with E-state index in [1.54, 1.807) is 17.0 Å². The third-order valence-electron chi connectivity index (χ3n) is 3.79. The number of carbonyl (C=O) groups is 1. The highest BCUT2D eigenvalue weighted by Gasteiger charge is 2.22. The van der Waals surface area contributed by atoms with Gasteiger partial charge in [-0.05, 0) is 24.3 Å². The number of nitrogens with zero attached hydrogens (tertiary/aromatic N) is 2. The van der Waals surface area contributed by atoms with Crippen molar-refractivity contribution < 1.29 is 14.5 Å². The molecule has 0 bridgehead atoms. The third-order valence-corrected chi connectivity index (χ3v) is 3.79. The van der Waals surface area contributed by atoms with Crippen LogP contribution in [0.15, 0.2) is 48.5 Å². The van der Waals surface area contributed by atoms with E-state index in [-0.39, 0.29) is 11.6 Å². The highest BCUT2D eigenvalue weighted by atomic mass is 16.6. The maximum atomic E-state index is 12.5. The number of para-hydroxylation sites is 1. The van der Waals surface area contributed by atoms with Crippen molar-refractivity contribution in [2.45, 2.75) is 0 Å². The molecule has 0 radical (unpaired) electrons. The zero-order valence-corrected chi connectivity index (χ0v) is 13.0. The molecule has 1 fully saturated rings.